The van der Waals surface area contributed by atoms with Gasteiger partial charge in [-0.05, 0) is 25.2 Å². The summed E-state index contributed by atoms with van der Waals surface area (Å²) in [7, 11) is 0. The minimum atomic E-state index is -0.0210. The van der Waals surface area contributed by atoms with Gasteiger partial charge in [0, 0.05) is 21.3 Å². The van der Waals surface area contributed by atoms with Gasteiger partial charge in [-0.3, -0.25) is 4.79 Å². The summed E-state index contributed by atoms with van der Waals surface area (Å²) in [5, 5.41) is 0. The van der Waals surface area contributed by atoms with Gasteiger partial charge in [0.2, 0.25) is 0 Å². The zero-order valence-electron chi connectivity index (χ0n) is 11.1. The number of cyclic esters (lactones) is 1. The zero-order chi connectivity index (χ0) is 12.2. The summed E-state index contributed by atoms with van der Waals surface area (Å²) in [6.07, 6.45) is 7.93. The van der Waals surface area contributed by atoms with Crippen molar-refractivity contribution in [3.05, 3.63) is 0 Å². The molecule has 0 bridgehead atoms. The van der Waals surface area contributed by atoms with Gasteiger partial charge in [-0.15, -0.1) is 0 Å². The van der Waals surface area contributed by atoms with E-state index in [0.29, 0.717) is 18.9 Å². The number of esters is 1. The summed E-state index contributed by atoms with van der Waals surface area (Å²) in [5.74, 6) is 0.620. The largest absolute Gasteiger partial charge is 0.465 e. The number of unbranched alkanes of at least 4 members (excludes halogenated alkanes) is 2. The van der Waals surface area contributed by atoms with E-state index < -0.39 is 0 Å². The Labute approximate surface area is 107 Å². The van der Waals surface area contributed by atoms with Crippen LogP contribution in [0.15, 0.2) is 0 Å². The molecule has 0 amide bonds. The molecule has 1 fully saturated rings. The van der Waals surface area contributed by atoms with Gasteiger partial charge in [-0.1, -0.05) is 26.7 Å². The highest BCUT2D eigenvalue weighted by molar-refractivity contribution is 5.75. The predicted molar refractivity (Wildman–Crippen MR) is 69.9 cm³/mol. The van der Waals surface area contributed by atoms with Gasteiger partial charge < -0.3 is 9.53 Å². The van der Waals surface area contributed by atoms with Crippen LogP contribution in [0.2, 0.25) is 0 Å². The second-order valence-electron chi connectivity index (χ2n) is 4.19. The van der Waals surface area contributed by atoms with E-state index in [1.807, 2.05) is 0 Å². The fourth-order valence-corrected chi connectivity index (χ4v) is 1.61. The molecule has 1 atom stereocenters. The van der Waals surface area contributed by atoms with Crippen molar-refractivity contribution < 1.29 is 14.3 Å². The fraction of sp³-hybridized carbons (Fsp3) is 0.846. The lowest BCUT2D eigenvalue weighted by Gasteiger charge is -2.20. The first-order valence-electron chi connectivity index (χ1n) is 6.33. The van der Waals surface area contributed by atoms with Crippen LogP contribution in [0.4, 0.5) is 0 Å². The number of carbonyl (C=O) groups excluding carboxylic acids is 2. The standard InChI is InChI=1S/C8H14O2.C5H10O.B/c1-2-3-7-4-5-8(9)10-6-7;1-2-3-4-5-6;/h7H,2-6H2,1H3;5H,2-4H2,1H3;. The van der Waals surface area contributed by atoms with Crippen molar-refractivity contribution in [3.8, 4) is 0 Å². The summed E-state index contributed by atoms with van der Waals surface area (Å²) in [4.78, 5) is 20.2. The number of hydrogen-bond acceptors (Lipinski definition) is 3. The summed E-state index contributed by atoms with van der Waals surface area (Å²) in [5.41, 5.74) is 0. The van der Waals surface area contributed by atoms with Crippen molar-refractivity contribution >= 4 is 20.7 Å². The second-order valence-corrected chi connectivity index (χ2v) is 4.19. The normalized spacial score (nSPS) is 18.2. The van der Waals surface area contributed by atoms with Crippen LogP contribution in [0, 0.1) is 5.92 Å². The van der Waals surface area contributed by atoms with Crippen molar-refractivity contribution in [1.82, 2.24) is 0 Å². The van der Waals surface area contributed by atoms with Crippen LogP contribution in [0.3, 0.4) is 0 Å². The first kappa shape index (κ1) is 18.6. The SMILES string of the molecule is CCCC1CCC(=O)OC1.CCCCC=O.[B]. The van der Waals surface area contributed by atoms with E-state index in [1.165, 1.54) is 12.8 Å². The van der Waals surface area contributed by atoms with E-state index in [9.17, 15) is 9.59 Å². The molecule has 4 heteroatoms. The molecule has 3 nitrogen and oxygen atoms in total. The molecule has 0 spiro atoms. The quantitative estimate of drug-likeness (QED) is 0.320. The molecular formula is C13H24BO3. The van der Waals surface area contributed by atoms with Crippen LogP contribution in [-0.2, 0) is 14.3 Å². The average molecular weight is 239 g/mol. The average Bonchev–Trinajstić information content (AvgIpc) is 2.31. The third-order valence-electron chi connectivity index (χ3n) is 2.61. The Kier molecular flexibility index (Phi) is 14.5. The number of rotatable bonds is 5. The van der Waals surface area contributed by atoms with Gasteiger partial charge in [0.05, 0.1) is 6.61 Å². The maximum atomic E-state index is 10.6. The topological polar surface area (TPSA) is 43.4 Å². The number of carbonyl (C=O) groups is 2. The van der Waals surface area contributed by atoms with Crippen LogP contribution >= 0.6 is 0 Å². The molecular weight excluding hydrogens is 215 g/mol. The molecule has 1 saturated heterocycles. The molecule has 1 rings (SSSR count). The fourth-order valence-electron chi connectivity index (χ4n) is 1.61. The van der Waals surface area contributed by atoms with Crippen LogP contribution in [0.1, 0.15) is 58.8 Å². The van der Waals surface area contributed by atoms with E-state index in [2.05, 4.69) is 13.8 Å². The first-order chi connectivity index (χ1) is 7.74. The van der Waals surface area contributed by atoms with Crippen molar-refractivity contribution in [1.29, 1.82) is 0 Å². The molecule has 1 aliphatic heterocycles. The van der Waals surface area contributed by atoms with Gasteiger partial charge in [-0.2, -0.15) is 0 Å². The Morgan fingerprint density at radius 2 is 2.06 bits per heavy atom. The van der Waals surface area contributed by atoms with Crippen molar-refractivity contribution in [2.75, 3.05) is 6.61 Å². The van der Waals surface area contributed by atoms with Gasteiger partial charge in [0.15, 0.2) is 0 Å². The highest BCUT2D eigenvalue weighted by Gasteiger charge is 2.18. The van der Waals surface area contributed by atoms with Gasteiger partial charge >= 0.3 is 5.97 Å². The molecule has 17 heavy (non-hydrogen) atoms. The van der Waals surface area contributed by atoms with Crippen LogP contribution in [0.5, 0.6) is 0 Å². The molecule has 1 aliphatic rings. The molecule has 0 saturated carbocycles. The lowest BCUT2D eigenvalue weighted by atomic mass is 9.97. The maximum absolute atomic E-state index is 10.6. The summed E-state index contributed by atoms with van der Waals surface area (Å²) in [6.45, 7) is 4.90. The Morgan fingerprint density at radius 1 is 1.35 bits per heavy atom. The van der Waals surface area contributed by atoms with Crippen molar-refractivity contribution in [2.45, 2.75) is 58.8 Å². The highest BCUT2D eigenvalue weighted by Crippen LogP contribution is 2.18. The highest BCUT2D eigenvalue weighted by atomic mass is 16.5. The maximum Gasteiger partial charge on any atom is 0.305 e. The van der Waals surface area contributed by atoms with Crippen LogP contribution in [-0.4, -0.2) is 27.3 Å². The van der Waals surface area contributed by atoms with E-state index in [4.69, 9.17) is 4.74 Å². The Balaban J connectivity index is 0. The predicted octanol–water partition coefficient (Wildman–Crippen LogP) is 2.73. The molecule has 1 unspecified atom stereocenters. The van der Waals surface area contributed by atoms with Crippen LogP contribution < -0.4 is 0 Å². The lowest BCUT2D eigenvalue weighted by molar-refractivity contribution is -0.149. The number of aldehydes is 1. The monoisotopic (exact) mass is 239 g/mol. The molecule has 0 aromatic carbocycles. The molecule has 97 valence electrons. The molecule has 0 aromatic rings. The minimum absolute atomic E-state index is 0. The van der Waals surface area contributed by atoms with E-state index in [1.54, 1.807) is 0 Å². The van der Waals surface area contributed by atoms with E-state index in [0.717, 1.165) is 32.0 Å². The molecule has 0 N–H and O–H groups in total. The van der Waals surface area contributed by atoms with E-state index >= 15 is 0 Å². The molecule has 3 radical (unpaired) electrons. The zero-order valence-corrected chi connectivity index (χ0v) is 11.1. The molecule has 0 aromatic heterocycles. The second kappa shape index (κ2) is 13.3. The van der Waals surface area contributed by atoms with Gasteiger partial charge in [0.25, 0.3) is 0 Å². The summed E-state index contributed by atoms with van der Waals surface area (Å²) >= 11 is 0. The van der Waals surface area contributed by atoms with Gasteiger partial charge in [0.1, 0.15) is 6.29 Å². The van der Waals surface area contributed by atoms with Gasteiger partial charge in [-0.25, -0.2) is 0 Å². The minimum Gasteiger partial charge on any atom is -0.465 e. The lowest BCUT2D eigenvalue weighted by Crippen LogP contribution is -2.21. The smallest absolute Gasteiger partial charge is 0.305 e. The Morgan fingerprint density at radius 3 is 2.41 bits per heavy atom. The number of hydrogen-bond donors (Lipinski definition) is 0. The summed E-state index contributed by atoms with van der Waals surface area (Å²) < 4.78 is 4.90. The number of ether oxygens (including phenoxy) is 1. The third kappa shape index (κ3) is 11.5. The first-order valence-corrected chi connectivity index (χ1v) is 6.33. The third-order valence-corrected chi connectivity index (χ3v) is 2.61. The van der Waals surface area contributed by atoms with Crippen molar-refractivity contribution in [2.24, 2.45) is 5.92 Å². The summed E-state index contributed by atoms with van der Waals surface area (Å²) in [6, 6.07) is 0. The molecule has 0 aliphatic carbocycles. The Hall–Kier alpha value is -0.795. The van der Waals surface area contributed by atoms with E-state index in [-0.39, 0.29) is 14.4 Å². The van der Waals surface area contributed by atoms with Crippen LogP contribution in [0.25, 0.3) is 0 Å². The van der Waals surface area contributed by atoms with Crippen molar-refractivity contribution in [3.63, 3.8) is 0 Å². The Bertz CT molecular complexity index is 185. The molecule has 1 heterocycles.